The number of benzene rings is 1. The summed E-state index contributed by atoms with van der Waals surface area (Å²) in [5.74, 6) is -0.225. The summed E-state index contributed by atoms with van der Waals surface area (Å²) < 4.78 is 0. The first-order valence-electron chi connectivity index (χ1n) is 5.79. The molecule has 0 saturated carbocycles. The Bertz CT molecular complexity index is 632. The molecule has 0 bridgehead atoms. The molecule has 8 heteroatoms. The Morgan fingerprint density at radius 3 is 2.75 bits per heavy atom. The van der Waals surface area contributed by atoms with Gasteiger partial charge in [-0.05, 0) is 26.0 Å². The number of nitrogens with zero attached hydrogens (tertiary/aromatic N) is 2. The first-order chi connectivity index (χ1) is 9.47. The number of hydrogen-bond acceptors (Lipinski definition) is 5. The zero-order chi connectivity index (χ0) is 14.7. The van der Waals surface area contributed by atoms with Crippen molar-refractivity contribution in [3.8, 4) is 0 Å². The molecule has 2 rings (SSSR count). The number of rotatable bonds is 4. The van der Waals surface area contributed by atoms with Crippen molar-refractivity contribution in [1.82, 2.24) is 10.2 Å². The van der Waals surface area contributed by atoms with Crippen LogP contribution in [-0.4, -0.2) is 22.1 Å². The summed E-state index contributed by atoms with van der Waals surface area (Å²) in [4.78, 5) is 12.0. The topological polar surface area (TPSA) is 66.9 Å². The van der Waals surface area contributed by atoms with Crippen molar-refractivity contribution in [2.24, 2.45) is 0 Å². The number of nitrogens with one attached hydrogen (secondary N) is 2. The van der Waals surface area contributed by atoms with E-state index in [2.05, 4.69) is 20.8 Å². The molecule has 0 saturated heterocycles. The molecule has 106 valence electrons. The second-order valence-electron chi connectivity index (χ2n) is 4.08. The third-order valence-corrected chi connectivity index (χ3v) is 4.05. The molecule has 0 aliphatic rings. The van der Waals surface area contributed by atoms with Crippen molar-refractivity contribution < 1.29 is 4.79 Å². The van der Waals surface area contributed by atoms with Crippen LogP contribution in [0.2, 0.25) is 10.0 Å². The molecule has 1 aromatic carbocycles. The number of aryl methyl sites for hydroxylation is 1. The van der Waals surface area contributed by atoms with Gasteiger partial charge in [-0.15, -0.1) is 10.2 Å². The Balaban J connectivity index is 2.02. The maximum absolute atomic E-state index is 12.0. The summed E-state index contributed by atoms with van der Waals surface area (Å²) in [6.07, 6.45) is 0. The first-order valence-corrected chi connectivity index (χ1v) is 7.36. The molecule has 0 radical (unpaired) electrons. The summed E-state index contributed by atoms with van der Waals surface area (Å²) in [7, 11) is 0. The van der Waals surface area contributed by atoms with Crippen molar-refractivity contribution in [3.63, 3.8) is 0 Å². The van der Waals surface area contributed by atoms with Gasteiger partial charge in [0.25, 0.3) is 0 Å². The summed E-state index contributed by atoms with van der Waals surface area (Å²) in [6, 6.07) is 4.71. The van der Waals surface area contributed by atoms with Gasteiger partial charge in [-0.1, -0.05) is 40.6 Å². The molecule has 0 spiro atoms. The van der Waals surface area contributed by atoms with E-state index in [1.54, 1.807) is 25.1 Å². The van der Waals surface area contributed by atoms with Crippen LogP contribution in [0.4, 0.5) is 10.8 Å². The van der Waals surface area contributed by atoms with Crippen LogP contribution < -0.4 is 10.6 Å². The van der Waals surface area contributed by atoms with Crippen molar-refractivity contribution in [1.29, 1.82) is 0 Å². The predicted molar refractivity (Wildman–Crippen MR) is 82.8 cm³/mol. The lowest BCUT2D eigenvalue weighted by atomic mass is 10.2. The van der Waals surface area contributed by atoms with Crippen LogP contribution in [-0.2, 0) is 4.79 Å². The largest absolute Gasteiger partial charge is 0.373 e. The fraction of sp³-hybridized carbons (Fsp3) is 0.250. The average molecular weight is 331 g/mol. The van der Waals surface area contributed by atoms with Crippen LogP contribution in [0.3, 0.4) is 0 Å². The molecular weight excluding hydrogens is 319 g/mol. The van der Waals surface area contributed by atoms with E-state index < -0.39 is 6.04 Å². The van der Waals surface area contributed by atoms with Crippen molar-refractivity contribution in [2.75, 3.05) is 10.6 Å². The quantitative estimate of drug-likeness (QED) is 0.898. The van der Waals surface area contributed by atoms with Crippen molar-refractivity contribution in [2.45, 2.75) is 19.9 Å². The molecular formula is C12H12Cl2N4OS. The van der Waals surface area contributed by atoms with Gasteiger partial charge >= 0.3 is 0 Å². The smallest absolute Gasteiger partial charge is 0.248 e. The fourth-order valence-electron chi connectivity index (χ4n) is 1.47. The Kier molecular flexibility index (Phi) is 4.80. The Morgan fingerprint density at radius 1 is 1.35 bits per heavy atom. The van der Waals surface area contributed by atoms with Crippen LogP contribution in [0.25, 0.3) is 0 Å². The van der Waals surface area contributed by atoms with E-state index in [1.807, 2.05) is 6.92 Å². The predicted octanol–water partition coefficient (Wildman–Crippen LogP) is 3.59. The fourth-order valence-corrected chi connectivity index (χ4v) is 2.42. The number of halogens is 2. The molecule has 2 aromatic rings. The van der Waals surface area contributed by atoms with E-state index in [-0.39, 0.29) is 5.91 Å². The Hall–Kier alpha value is -1.37. The van der Waals surface area contributed by atoms with E-state index in [0.717, 1.165) is 5.01 Å². The number of anilines is 2. The van der Waals surface area contributed by atoms with Gasteiger partial charge in [0.15, 0.2) is 0 Å². The maximum atomic E-state index is 12.0. The van der Waals surface area contributed by atoms with Gasteiger partial charge in [0.2, 0.25) is 11.0 Å². The molecule has 0 fully saturated rings. The lowest BCUT2D eigenvalue weighted by Gasteiger charge is -2.15. The van der Waals surface area contributed by atoms with Crippen LogP contribution >= 0.6 is 34.5 Å². The highest BCUT2D eigenvalue weighted by atomic mass is 35.5. The highest BCUT2D eigenvalue weighted by Crippen LogP contribution is 2.30. The van der Waals surface area contributed by atoms with Crippen LogP contribution in [0.15, 0.2) is 18.2 Å². The molecule has 0 unspecified atom stereocenters. The lowest BCUT2D eigenvalue weighted by molar-refractivity contribution is -0.116. The van der Waals surface area contributed by atoms with E-state index in [1.165, 1.54) is 11.3 Å². The minimum atomic E-state index is -0.491. The van der Waals surface area contributed by atoms with E-state index in [4.69, 9.17) is 23.2 Å². The number of hydrogen-bond donors (Lipinski definition) is 2. The zero-order valence-corrected chi connectivity index (χ0v) is 13.1. The van der Waals surface area contributed by atoms with Crippen LogP contribution in [0, 0.1) is 6.92 Å². The Morgan fingerprint density at radius 2 is 2.10 bits per heavy atom. The maximum Gasteiger partial charge on any atom is 0.248 e. The SMILES string of the molecule is Cc1nnc(NC(=O)[C@H](C)Nc2cccc(Cl)c2Cl)s1. The minimum absolute atomic E-state index is 0.225. The Labute approximate surface area is 130 Å². The van der Waals surface area contributed by atoms with Gasteiger partial charge < -0.3 is 5.32 Å². The van der Waals surface area contributed by atoms with Gasteiger partial charge in [0, 0.05) is 0 Å². The van der Waals surface area contributed by atoms with Gasteiger partial charge in [0.05, 0.1) is 15.7 Å². The van der Waals surface area contributed by atoms with Gasteiger partial charge in [-0.25, -0.2) is 0 Å². The normalized spacial score (nSPS) is 12.0. The van der Waals surface area contributed by atoms with Gasteiger partial charge in [-0.3, -0.25) is 10.1 Å². The summed E-state index contributed by atoms with van der Waals surface area (Å²) >= 11 is 13.3. The third kappa shape index (κ3) is 3.59. The van der Waals surface area contributed by atoms with Gasteiger partial charge in [-0.2, -0.15) is 0 Å². The monoisotopic (exact) mass is 330 g/mol. The molecule has 5 nitrogen and oxygen atoms in total. The minimum Gasteiger partial charge on any atom is -0.373 e. The highest BCUT2D eigenvalue weighted by Gasteiger charge is 2.16. The standard InChI is InChI=1S/C12H12Cl2N4OS/c1-6(11(19)16-12-18-17-7(2)20-12)15-9-5-3-4-8(13)10(9)14/h3-6,15H,1-2H3,(H,16,18,19)/t6-/m0/s1. The van der Waals surface area contributed by atoms with E-state index in [0.29, 0.717) is 20.9 Å². The van der Waals surface area contributed by atoms with E-state index >= 15 is 0 Å². The first kappa shape index (κ1) is 15.0. The molecule has 1 atom stereocenters. The number of carbonyl (C=O) groups excluding carboxylic acids is 1. The highest BCUT2D eigenvalue weighted by molar-refractivity contribution is 7.15. The zero-order valence-electron chi connectivity index (χ0n) is 10.8. The molecule has 1 aromatic heterocycles. The van der Waals surface area contributed by atoms with Gasteiger partial charge in [0.1, 0.15) is 11.0 Å². The van der Waals surface area contributed by atoms with E-state index in [9.17, 15) is 4.79 Å². The summed E-state index contributed by atoms with van der Waals surface area (Å²) in [5.41, 5.74) is 0.607. The molecule has 1 heterocycles. The third-order valence-electron chi connectivity index (χ3n) is 2.47. The van der Waals surface area contributed by atoms with Crippen LogP contribution in [0.5, 0.6) is 0 Å². The summed E-state index contributed by atoms with van der Waals surface area (Å²) in [6.45, 7) is 3.54. The number of carbonyl (C=O) groups is 1. The van der Waals surface area contributed by atoms with Crippen LogP contribution in [0.1, 0.15) is 11.9 Å². The molecule has 1 amide bonds. The van der Waals surface area contributed by atoms with Crippen molar-refractivity contribution in [3.05, 3.63) is 33.3 Å². The molecule has 0 aliphatic heterocycles. The summed E-state index contributed by atoms with van der Waals surface area (Å²) in [5, 5.41) is 15.4. The molecule has 0 aliphatic carbocycles. The average Bonchev–Trinajstić information content (AvgIpc) is 2.80. The van der Waals surface area contributed by atoms with Crippen molar-refractivity contribution >= 4 is 51.3 Å². The number of amides is 1. The molecule has 20 heavy (non-hydrogen) atoms. The lowest BCUT2D eigenvalue weighted by Crippen LogP contribution is -2.31. The second kappa shape index (κ2) is 6.39. The second-order valence-corrected chi connectivity index (χ2v) is 6.05. The molecule has 2 N–H and O–H groups in total. The number of aromatic nitrogens is 2.